The minimum absolute atomic E-state index is 0.320. The molecule has 21 heavy (non-hydrogen) atoms. The van der Waals surface area contributed by atoms with Crippen molar-refractivity contribution in [2.75, 3.05) is 45.1 Å². The van der Waals surface area contributed by atoms with Gasteiger partial charge >= 0.3 is 17.9 Å². The van der Waals surface area contributed by atoms with E-state index in [9.17, 15) is 14.4 Å². The number of amidine groups is 1. The zero-order valence-corrected chi connectivity index (χ0v) is 12.6. The van der Waals surface area contributed by atoms with Gasteiger partial charge in [0.25, 0.3) is 0 Å². The molecule has 8 nitrogen and oxygen atoms in total. The van der Waals surface area contributed by atoms with Crippen LogP contribution < -0.4 is 5.32 Å². The van der Waals surface area contributed by atoms with E-state index in [-0.39, 0.29) is 6.09 Å². The Bertz CT molecular complexity index is 460. The molecule has 2 aliphatic rings. The number of rotatable bonds is 1. The van der Waals surface area contributed by atoms with Crippen molar-refractivity contribution >= 4 is 34.8 Å². The van der Waals surface area contributed by atoms with Crippen LogP contribution in [-0.2, 0) is 14.3 Å². The van der Waals surface area contributed by atoms with Crippen LogP contribution in [0.5, 0.6) is 0 Å². The van der Waals surface area contributed by atoms with Gasteiger partial charge in [-0.3, -0.25) is 19.9 Å². The lowest BCUT2D eigenvalue weighted by Crippen LogP contribution is -2.54. The number of nitrogens with one attached hydrogen (secondary N) is 1. The summed E-state index contributed by atoms with van der Waals surface area (Å²) in [5, 5.41) is 3.01. The Morgan fingerprint density at radius 3 is 2.48 bits per heavy atom. The molecule has 1 N–H and O–H groups in total. The number of piperazine rings is 1. The summed E-state index contributed by atoms with van der Waals surface area (Å²) < 4.78 is 4.90. The van der Waals surface area contributed by atoms with Crippen molar-refractivity contribution < 1.29 is 19.1 Å². The van der Waals surface area contributed by atoms with E-state index < -0.39 is 11.8 Å². The highest BCUT2D eigenvalue weighted by Crippen LogP contribution is 2.09. The third-order valence-corrected chi connectivity index (χ3v) is 3.98. The van der Waals surface area contributed by atoms with Crippen molar-refractivity contribution in [1.82, 2.24) is 15.1 Å². The zero-order valence-electron chi connectivity index (χ0n) is 11.8. The lowest BCUT2D eigenvalue weighted by atomic mass is 10.3. The normalized spacial score (nSPS) is 18.2. The number of hydrogen-bond acceptors (Lipinski definition) is 6. The average Bonchev–Trinajstić information content (AvgIpc) is 3.00. The molecule has 0 aromatic rings. The molecule has 116 valence electrons. The molecule has 0 saturated carbocycles. The van der Waals surface area contributed by atoms with Crippen molar-refractivity contribution in [2.24, 2.45) is 4.99 Å². The van der Waals surface area contributed by atoms with E-state index in [1.807, 2.05) is 0 Å². The summed E-state index contributed by atoms with van der Waals surface area (Å²) in [6.45, 7) is 4.11. The van der Waals surface area contributed by atoms with E-state index in [1.54, 1.807) is 6.92 Å². The Morgan fingerprint density at radius 1 is 1.24 bits per heavy atom. The van der Waals surface area contributed by atoms with Crippen molar-refractivity contribution in [3.8, 4) is 0 Å². The number of aliphatic imine (C=N–C) groups is 1. The van der Waals surface area contributed by atoms with Crippen molar-refractivity contribution in [1.29, 1.82) is 0 Å². The van der Waals surface area contributed by atoms with Gasteiger partial charge in [0.15, 0.2) is 5.17 Å². The number of amides is 3. The van der Waals surface area contributed by atoms with Crippen LogP contribution in [0.25, 0.3) is 0 Å². The van der Waals surface area contributed by atoms with Crippen LogP contribution >= 0.6 is 11.8 Å². The monoisotopic (exact) mass is 314 g/mol. The van der Waals surface area contributed by atoms with Gasteiger partial charge < -0.3 is 14.5 Å². The fourth-order valence-electron chi connectivity index (χ4n) is 2.01. The van der Waals surface area contributed by atoms with Crippen LogP contribution in [0.2, 0.25) is 0 Å². The van der Waals surface area contributed by atoms with Gasteiger partial charge in [0.2, 0.25) is 0 Å². The standard InChI is InChI=1S/C12H18N4O4S/c1-2-20-12(19)16-6-4-15(5-7-16)10(18)9(17)14-11-13-3-8-21-11/h2-8H2,1H3,(H,13,14,17). The van der Waals surface area contributed by atoms with E-state index in [1.165, 1.54) is 21.6 Å². The van der Waals surface area contributed by atoms with Crippen LogP contribution in [-0.4, -0.2) is 78.0 Å². The molecule has 2 heterocycles. The topological polar surface area (TPSA) is 91.3 Å². The van der Waals surface area contributed by atoms with Crippen LogP contribution in [0, 0.1) is 0 Å². The first-order valence-corrected chi connectivity index (χ1v) is 7.79. The van der Waals surface area contributed by atoms with Gasteiger partial charge in [-0.1, -0.05) is 11.8 Å². The Balaban J connectivity index is 1.79. The number of carbonyl (C=O) groups is 3. The molecule has 0 aromatic heterocycles. The molecule has 3 amide bonds. The van der Waals surface area contributed by atoms with Gasteiger partial charge in [-0.25, -0.2) is 4.79 Å². The highest BCUT2D eigenvalue weighted by atomic mass is 32.2. The largest absolute Gasteiger partial charge is 0.450 e. The summed E-state index contributed by atoms with van der Waals surface area (Å²) in [6, 6.07) is 0. The van der Waals surface area contributed by atoms with E-state index in [0.29, 0.717) is 44.5 Å². The number of carbonyl (C=O) groups excluding carboxylic acids is 3. The quantitative estimate of drug-likeness (QED) is 0.659. The highest BCUT2D eigenvalue weighted by Gasteiger charge is 2.29. The van der Waals surface area contributed by atoms with Gasteiger partial charge in [0.05, 0.1) is 13.2 Å². The Labute approximate surface area is 126 Å². The second-order valence-corrected chi connectivity index (χ2v) is 5.55. The van der Waals surface area contributed by atoms with Crippen LogP contribution in [0.1, 0.15) is 6.92 Å². The Morgan fingerprint density at radius 2 is 1.90 bits per heavy atom. The summed E-state index contributed by atoms with van der Waals surface area (Å²) >= 11 is 1.42. The summed E-state index contributed by atoms with van der Waals surface area (Å²) in [5.74, 6) is -0.441. The minimum atomic E-state index is -0.673. The van der Waals surface area contributed by atoms with E-state index >= 15 is 0 Å². The molecule has 2 aliphatic heterocycles. The maximum absolute atomic E-state index is 12.0. The minimum Gasteiger partial charge on any atom is -0.450 e. The van der Waals surface area contributed by atoms with E-state index in [2.05, 4.69) is 10.3 Å². The summed E-state index contributed by atoms with van der Waals surface area (Å²) in [6.07, 6.45) is -0.384. The van der Waals surface area contributed by atoms with Crippen molar-refractivity contribution in [3.63, 3.8) is 0 Å². The van der Waals surface area contributed by atoms with Crippen molar-refractivity contribution in [2.45, 2.75) is 6.92 Å². The van der Waals surface area contributed by atoms with Crippen LogP contribution in [0.15, 0.2) is 4.99 Å². The first kappa shape index (κ1) is 15.6. The molecular weight excluding hydrogens is 296 g/mol. The first-order valence-electron chi connectivity index (χ1n) is 6.81. The summed E-state index contributed by atoms with van der Waals surface area (Å²) in [5.41, 5.74) is 0. The zero-order chi connectivity index (χ0) is 15.2. The average molecular weight is 314 g/mol. The summed E-state index contributed by atoms with van der Waals surface area (Å²) in [4.78, 5) is 42.4. The Hall–Kier alpha value is -1.77. The third-order valence-electron chi connectivity index (χ3n) is 3.09. The van der Waals surface area contributed by atoms with E-state index in [4.69, 9.17) is 4.74 Å². The Kier molecular flexibility index (Phi) is 5.43. The number of ether oxygens (including phenoxy) is 1. The third kappa shape index (κ3) is 4.10. The lowest BCUT2D eigenvalue weighted by molar-refractivity contribution is -0.146. The van der Waals surface area contributed by atoms with Gasteiger partial charge in [-0.15, -0.1) is 0 Å². The number of nitrogens with zero attached hydrogens (tertiary/aromatic N) is 3. The fraction of sp³-hybridized carbons (Fsp3) is 0.667. The predicted molar refractivity (Wildman–Crippen MR) is 78.1 cm³/mol. The molecule has 0 bridgehead atoms. The second-order valence-electron chi connectivity index (χ2n) is 4.47. The molecule has 2 rings (SSSR count). The molecule has 1 fully saturated rings. The molecule has 0 radical (unpaired) electrons. The molecule has 9 heteroatoms. The molecular formula is C12H18N4O4S. The van der Waals surface area contributed by atoms with Gasteiger partial charge in [0, 0.05) is 31.9 Å². The fourth-order valence-corrected chi connectivity index (χ4v) is 2.74. The van der Waals surface area contributed by atoms with E-state index in [0.717, 1.165) is 5.75 Å². The van der Waals surface area contributed by atoms with Gasteiger partial charge in [-0.2, -0.15) is 0 Å². The number of thioether (sulfide) groups is 1. The smallest absolute Gasteiger partial charge is 0.409 e. The first-order chi connectivity index (χ1) is 10.1. The summed E-state index contributed by atoms with van der Waals surface area (Å²) in [7, 11) is 0. The molecule has 0 atom stereocenters. The van der Waals surface area contributed by atoms with Crippen LogP contribution in [0.4, 0.5) is 4.79 Å². The van der Waals surface area contributed by atoms with Gasteiger partial charge in [-0.05, 0) is 6.92 Å². The predicted octanol–water partition coefficient (Wildman–Crippen LogP) is -0.494. The van der Waals surface area contributed by atoms with Gasteiger partial charge in [0.1, 0.15) is 0 Å². The highest BCUT2D eigenvalue weighted by molar-refractivity contribution is 8.14. The lowest BCUT2D eigenvalue weighted by Gasteiger charge is -2.33. The molecule has 0 spiro atoms. The molecule has 1 saturated heterocycles. The molecule has 0 aliphatic carbocycles. The molecule has 0 aromatic carbocycles. The van der Waals surface area contributed by atoms with Crippen LogP contribution in [0.3, 0.4) is 0 Å². The SMILES string of the molecule is CCOC(=O)N1CCN(C(=O)C(=O)NC2=NCCS2)CC1. The number of hydrogen-bond donors (Lipinski definition) is 1. The maximum atomic E-state index is 12.0. The second kappa shape index (κ2) is 7.30. The van der Waals surface area contributed by atoms with Crippen molar-refractivity contribution in [3.05, 3.63) is 0 Å². The molecule has 0 unspecified atom stereocenters. The maximum Gasteiger partial charge on any atom is 0.409 e.